The van der Waals surface area contributed by atoms with Gasteiger partial charge in [-0.3, -0.25) is 4.79 Å². The molecule has 0 radical (unpaired) electrons. The Morgan fingerprint density at radius 3 is 2.33 bits per heavy atom. The normalized spacial score (nSPS) is 17.0. The number of carbonyl (C=O) groups is 1. The van der Waals surface area contributed by atoms with Crippen LogP contribution in [0.1, 0.15) is 11.1 Å². The molecule has 1 aliphatic rings. The van der Waals surface area contributed by atoms with Crippen molar-refractivity contribution in [2.24, 2.45) is 10.2 Å². The number of nitrogens with zero attached hydrogens (tertiary/aromatic N) is 4. The number of thioether (sulfide) groups is 1. The number of aromatic nitrogens is 2. The lowest BCUT2D eigenvalue weighted by Gasteiger charge is -2.04. The van der Waals surface area contributed by atoms with E-state index in [0.29, 0.717) is 11.6 Å². The molecule has 1 aromatic heterocycles. The van der Waals surface area contributed by atoms with Crippen LogP contribution in [0.4, 0.5) is 0 Å². The second kappa shape index (κ2) is 9.67. The molecule has 1 unspecified atom stereocenters. The zero-order valence-corrected chi connectivity index (χ0v) is 18.5. The molecular formula is C26H21N5OS. The van der Waals surface area contributed by atoms with E-state index in [4.69, 9.17) is 5.10 Å². The first-order valence-corrected chi connectivity index (χ1v) is 11.5. The Kier molecular flexibility index (Phi) is 6.12. The first-order valence-electron chi connectivity index (χ1n) is 10.6. The molecule has 1 saturated heterocycles. The van der Waals surface area contributed by atoms with Gasteiger partial charge in [-0.1, -0.05) is 90.6 Å². The minimum Gasteiger partial charge on any atom is -0.303 e. The molecule has 1 fully saturated rings. The zero-order chi connectivity index (χ0) is 22.5. The summed E-state index contributed by atoms with van der Waals surface area (Å²) in [6.07, 6.45) is 4.26. The Morgan fingerprint density at radius 2 is 1.61 bits per heavy atom. The summed E-state index contributed by atoms with van der Waals surface area (Å²) in [4.78, 5) is 12.3. The lowest BCUT2D eigenvalue weighted by Crippen LogP contribution is -2.25. The highest BCUT2D eigenvalue weighted by atomic mass is 32.2. The largest absolute Gasteiger partial charge is 0.303 e. The van der Waals surface area contributed by atoms with Gasteiger partial charge < -0.3 is 5.32 Å². The molecule has 1 aliphatic heterocycles. The predicted molar refractivity (Wildman–Crippen MR) is 134 cm³/mol. The Labute approximate surface area is 196 Å². The zero-order valence-electron chi connectivity index (χ0n) is 17.7. The van der Waals surface area contributed by atoms with Gasteiger partial charge in [-0.25, -0.2) is 4.68 Å². The van der Waals surface area contributed by atoms with Gasteiger partial charge in [-0.05, 0) is 24.1 Å². The van der Waals surface area contributed by atoms with Crippen molar-refractivity contribution in [3.8, 4) is 16.9 Å². The van der Waals surface area contributed by atoms with E-state index in [0.717, 1.165) is 28.1 Å². The molecule has 1 atom stereocenters. The van der Waals surface area contributed by atoms with Crippen LogP contribution in [0.2, 0.25) is 0 Å². The third-order valence-electron chi connectivity index (χ3n) is 5.20. The van der Waals surface area contributed by atoms with Crippen LogP contribution in [0.15, 0.2) is 107 Å². The fourth-order valence-corrected chi connectivity index (χ4v) is 4.54. The van der Waals surface area contributed by atoms with E-state index in [-0.39, 0.29) is 11.2 Å². The summed E-state index contributed by atoms with van der Waals surface area (Å²) in [5.74, 6) is -0.0420. The molecular weight excluding hydrogens is 430 g/mol. The van der Waals surface area contributed by atoms with Crippen molar-refractivity contribution in [2.45, 2.75) is 11.7 Å². The number of hydrogen-bond donors (Lipinski definition) is 1. The van der Waals surface area contributed by atoms with Crippen LogP contribution >= 0.6 is 11.8 Å². The molecule has 5 rings (SSSR count). The summed E-state index contributed by atoms with van der Waals surface area (Å²) in [5.41, 5.74) is 4.73. The smallest absolute Gasteiger partial charge is 0.239 e. The van der Waals surface area contributed by atoms with Crippen molar-refractivity contribution in [3.05, 3.63) is 108 Å². The summed E-state index contributed by atoms with van der Waals surface area (Å²) in [6, 6.07) is 29.9. The number of hydrogen-bond acceptors (Lipinski definition) is 5. The van der Waals surface area contributed by atoms with Crippen LogP contribution in [-0.4, -0.2) is 32.3 Å². The maximum absolute atomic E-state index is 12.3. The van der Waals surface area contributed by atoms with Crippen LogP contribution in [0.25, 0.3) is 16.9 Å². The van der Waals surface area contributed by atoms with Crippen LogP contribution < -0.4 is 5.32 Å². The molecule has 33 heavy (non-hydrogen) atoms. The van der Waals surface area contributed by atoms with Crippen molar-refractivity contribution in [1.82, 2.24) is 15.1 Å². The van der Waals surface area contributed by atoms with E-state index in [1.165, 1.54) is 11.8 Å². The number of rotatable bonds is 6. The Bertz CT molecular complexity index is 1300. The molecule has 7 heteroatoms. The fourth-order valence-electron chi connectivity index (χ4n) is 3.57. The second-order valence-electron chi connectivity index (χ2n) is 7.51. The van der Waals surface area contributed by atoms with Crippen molar-refractivity contribution in [1.29, 1.82) is 0 Å². The van der Waals surface area contributed by atoms with E-state index in [1.54, 1.807) is 6.21 Å². The van der Waals surface area contributed by atoms with Crippen molar-refractivity contribution in [3.63, 3.8) is 0 Å². The van der Waals surface area contributed by atoms with Crippen molar-refractivity contribution in [2.75, 3.05) is 0 Å². The highest BCUT2D eigenvalue weighted by molar-refractivity contribution is 8.15. The average Bonchev–Trinajstić information content (AvgIpc) is 3.44. The van der Waals surface area contributed by atoms with Gasteiger partial charge in [-0.15, -0.1) is 5.10 Å². The van der Waals surface area contributed by atoms with E-state index >= 15 is 0 Å². The van der Waals surface area contributed by atoms with Gasteiger partial charge in [0.1, 0.15) is 5.69 Å². The summed E-state index contributed by atoms with van der Waals surface area (Å²) in [7, 11) is 0. The topological polar surface area (TPSA) is 71.6 Å². The van der Waals surface area contributed by atoms with Crippen molar-refractivity contribution >= 4 is 29.1 Å². The molecule has 162 valence electrons. The molecule has 0 bridgehead atoms. The fraction of sp³-hybridized carbons (Fsp3) is 0.0769. The maximum Gasteiger partial charge on any atom is 0.239 e. The molecule has 0 spiro atoms. The average molecular weight is 452 g/mol. The van der Waals surface area contributed by atoms with Gasteiger partial charge in [-0.2, -0.15) is 10.2 Å². The van der Waals surface area contributed by atoms with Gasteiger partial charge >= 0.3 is 0 Å². The number of amides is 1. The minimum atomic E-state index is -0.206. The van der Waals surface area contributed by atoms with Crippen LogP contribution in [-0.2, 0) is 11.2 Å². The number of amidine groups is 1. The van der Waals surface area contributed by atoms with E-state index in [9.17, 15) is 4.79 Å². The molecule has 6 nitrogen and oxygen atoms in total. The number of nitrogens with one attached hydrogen (secondary N) is 1. The second-order valence-corrected chi connectivity index (χ2v) is 8.71. The highest BCUT2D eigenvalue weighted by Crippen LogP contribution is 2.24. The van der Waals surface area contributed by atoms with E-state index in [2.05, 4.69) is 15.5 Å². The number of carbonyl (C=O) groups excluding carboxylic acids is 1. The van der Waals surface area contributed by atoms with Gasteiger partial charge in [0.15, 0.2) is 5.17 Å². The molecule has 0 aliphatic carbocycles. The van der Waals surface area contributed by atoms with Gasteiger partial charge in [0.05, 0.1) is 17.2 Å². The summed E-state index contributed by atoms with van der Waals surface area (Å²) < 4.78 is 1.83. The molecule has 3 aromatic carbocycles. The molecule has 2 heterocycles. The summed E-state index contributed by atoms with van der Waals surface area (Å²) in [6.45, 7) is 0. The minimum absolute atomic E-state index is 0.0420. The predicted octanol–water partition coefficient (Wildman–Crippen LogP) is 4.70. The molecule has 1 amide bonds. The Balaban J connectivity index is 1.37. The standard InChI is InChI=1S/C26H21N5OS/c32-25-23(16-19-10-4-1-5-11-19)33-26(28-25)29-27-17-21-18-31(22-14-8-3-9-15-22)30-24(21)20-12-6-2-7-13-20/h1-15,17-18,23H,16H2,(H,28,29,32). The maximum atomic E-state index is 12.3. The number of para-hydroxylation sites is 1. The lowest BCUT2D eigenvalue weighted by atomic mass is 10.1. The molecule has 1 N–H and O–H groups in total. The monoisotopic (exact) mass is 451 g/mol. The SMILES string of the molecule is O=C1N/C(=N\N=Cc2cn(-c3ccccc3)nc2-c2ccccc2)SC1Cc1ccccc1. The summed E-state index contributed by atoms with van der Waals surface area (Å²) in [5, 5.41) is 16.4. The van der Waals surface area contributed by atoms with Crippen LogP contribution in [0.3, 0.4) is 0 Å². The van der Waals surface area contributed by atoms with Gasteiger partial charge in [0.25, 0.3) is 0 Å². The summed E-state index contributed by atoms with van der Waals surface area (Å²) >= 11 is 1.41. The first kappa shape index (κ1) is 20.9. The van der Waals surface area contributed by atoms with Crippen LogP contribution in [0, 0.1) is 0 Å². The van der Waals surface area contributed by atoms with Crippen molar-refractivity contribution < 1.29 is 4.79 Å². The Morgan fingerprint density at radius 1 is 0.939 bits per heavy atom. The van der Waals surface area contributed by atoms with E-state index in [1.807, 2.05) is 102 Å². The highest BCUT2D eigenvalue weighted by Gasteiger charge is 2.30. The quantitative estimate of drug-likeness (QED) is 0.341. The lowest BCUT2D eigenvalue weighted by molar-refractivity contribution is -0.118. The third-order valence-corrected chi connectivity index (χ3v) is 6.27. The third kappa shape index (κ3) is 4.94. The van der Waals surface area contributed by atoms with E-state index < -0.39 is 0 Å². The van der Waals surface area contributed by atoms with Crippen LogP contribution in [0.5, 0.6) is 0 Å². The molecule has 0 saturated carbocycles. The first-order chi connectivity index (χ1) is 16.3. The van der Waals surface area contributed by atoms with Gasteiger partial charge in [0.2, 0.25) is 5.91 Å². The molecule has 4 aromatic rings. The van der Waals surface area contributed by atoms with Gasteiger partial charge in [0, 0.05) is 17.3 Å². The Hall–Kier alpha value is -3.97. The number of benzene rings is 3.